The van der Waals surface area contributed by atoms with E-state index in [9.17, 15) is 28.8 Å². The van der Waals surface area contributed by atoms with Crippen molar-refractivity contribution in [3.63, 3.8) is 0 Å². The topological polar surface area (TPSA) is 206 Å². The zero-order valence-electron chi connectivity index (χ0n) is 31.5. The van der Waals surface area contributed by atoms with Crippen LogP contribution in [0.15, 0.2) is 122 Å². The minimum absolute atomic E-state index is 0.0577. The summed E-state index contributed by atoms with van der Waals surface area (Å²) in [6.07, 6.45) is 3.79. The molecule has 296 valence electrons. The van der Waals surface area contributed by atoms with Gasteiger partial charge in [0.2, 0.25) is 35.4 Å². The summed E-state index contributed by atoms with van der Waals surface area (Å²) in [6, 6.07) is 28.6. The average molecular weight is 781 g/mol. The Kier molecular flexibility index (Phi) is 12.2. The van der Waals surface area contributed by atoms with Crippen molar-refractivity contribution in [2.45, 2.75) is 49.9 Å². The van der Waals surface area contributed by atoms with E-state index in [4.69, 9.17) is 0 Å². The molecule has 1 saturated heterocycles. The number of benzene rings is 4. The molecule has 0 unspecified atom stereocenters. The lowest BCUT2D eigenvalue weighted by Gasteiger charge is -2.25. The normalized spacial score (nSPS) is 20.2. The average Bonchev–Trinajstić information content (AvgIpc) is 3.85. The Balaban J connectivity index is 1.19. The smallest absolute Gasteiger partial charge is 0.243 e. The van der Waals surface area contributed by atoms with Crippen LogP contribution >= 0.6 is 0 Å². The molecular weight excluding hydrogens is 737 g/mol. The van der Waals surface area contributed by atoms with Crippen molar-refractivity contribution in [3.05, 3.63) is 144 Å². The van der Waals surface area contributed by atoms with Crippen LogP contribution in [0.5, 0.6) is 0 Å². The van der Waals surface area contributed by atoms with Crippen molar-refractivity contribution in [1.29, 1.82) is 0 Å². The van der Waals surface area contributed by atoms with Crippen LogP contribution < -0.4 is 31.9 Å². The molecule has 2 aromatic heterocycles. The summed E-state index contributed by atoms with van der Waals surface area (Å²) >= 11 is 0. The summed E-state index contributed by atoms with van der Waals surface area (Å²) in [5.74, 6) is -3.88. The maximum Gasteiger partial charge on any atom is 0.243 e. The van der Waals surface area contributed by atoms with E-state index in [1.54, 1.807) is 36.7 Å². The Bertz CT molecular complexity index is 2260. The number of fused-ring (bicyclic) bond motifs is 2. The molecule has 1 aliphatic rings. The van der Waals surface area contributed by atoms with Crippen LogP contribution in [0.1, 0.15) is 22.3 Å². The van der Waals surface area contributed by atoms with Gasteiger partial charge >= 0.3 is 0 Å². The fourth-order valence-corrected chi connectivity index (χ4v) is 7.19. The van der Waals surface area contributed by atoms with Crippen LogP contribution in [0.4, 0.5) is 0 Å². The van der Waals surface area contributed by atoms with E-state index in [0.29, 0.717) is 0 Å². The first-order valence-corrected chi connectivity index (χ1v) is 19.1. The second kappa shape index (κ2) is 18.2. The molecule has 58 heavy (non-hydrogen) atoms. The number of rotatable bonds is 8. The van der Waals surface area contributed by atoms with Gasteiger partial charge in [0.05, 0.1) is 13.1 Å². The Labute approximate surface area is 333 Å². The number of carbonyl (C=O) groups excluding carboxylic acids is 6. The number of para-hydroxylation sites is 2. The van der Waals surface area contributed by atoms with E-state index in [-0.39, 0.29) is 25.7 Å². The summed E-state index contributed by atoms with van der Waals surface area (Å²) in [5.41, 5.74) is 4.66. The third-order valence-corrected chi connectivity index (χ3v) is 10.2. The van der Waals surface area contributed by atoms with Crippen molar-refractivity contribution in [2.24, 2.45) is 0 Å². The molecule has 14 heteroatoms. The van der Waals surface area contributed by atoms with Crippen LogP contribution in [0.3, 0.4) is 0 Å². The highest BCUT2D eigenvalue weighted by Gasteiger charge is 2.31. The predicted octanol–water partition coefficient (Wildman–Crippen LogP) is 2.11. The van der Waals surface area contributed by atoms with Gasteiger partial charge in [0, 0.05) is 59.9 Å². The van der Waals surface area contributed by atoms with Crippen molar-refractivity contribution in [1.82, 2.24) is 41.9 Å². The highest BCUT2D eigenvalue weighted by atomic mass is 16.2. The Hall–Kier alpha value is -7.22. The molecule has 0 spiro atoms. The van der Waals surface area contributed by atoms with E-state index >= 15 is 0 Å². The molecule has 6 amide bonds. The van der Waals surface area contributed by atoms with Crippen LogP contribution in [-0.4, -0.2) is 82.7 Å². The third kappa shape index (κ3) is 9.77. The van der Waals surface area contributed by atoms with Gasteiger partial charge in [0.1, 0.15) is 24.2 Å². The molecule has 4 atom stereocenters. The quantitative estimate of drug-likeness (QED) is 0.116. The molecule has 0 radical (unpaired) electrons. The zero-order valence-corrected chi connectivity index (χ0v) is 31.5. The summed E-state index contributed by atoms with van der Waals surface area (Å²) < 4.78 is 0. The first-order valence-electron chi connectivity index (χ1n) is 19.1. The van der Waals surface area contributed by atoms with E-state index in [2.05, 4.69) is 41.9 Å². The van der Waals surface area contributed by atoms with Crippen LogP contribution in [0, 0.1) is 0 Å². The molecule has 7 rings (SSSR count). The second-order valence-corrected chi connectivity index (χ2v) is 14.3. The number of aromatic amines is 2. The molecule has 4 aromatic carbocycles. The summed E-state index contributed by atoms with van der Waals surface area (Å²) in [6.45, 7) is -1.03. The summed E-state index contributed by atoms with van der Waals surface area (Å²) in [5, 5.41) is 18.1. The van der Waals surface area contributed by atoms with Crippen LogP contribution in [0.25, 0.3) is 21.8 Å². The zero-order chi connectivity index (χ0) is 40.4. The standard InChI is InChI=1S/C44H44N8O6/c53-39-25-47-42(56)38(22-30-24-46-34-18-10-8-16-32(30)34)52-44(58)36(20-28-13-5-2-6-14-28)50-40(54)26-48-41(55)37(21-29-23-45-33-17-9-7-15-31(29)33)51-43(57)35(49-39)19-27-11-3-1-4-12-27/h1-18,23-24,35-38,45-46H,19-22,25-26H2,(H,47,56)(H,48,55)(H,49,53)(H,50,54)(H,51,57)(H,52,58)/t35-,36-,37-,38-/m0/s1. The van der Waals surface area contributed by atoms with Crippen molar-refractivity contribution >= 4 is 57.2 Å². The minimum atomic E-state index is -1.16. The number of hydrogen-bond donors (Lipinski definition) is 8. The van der Waals surface area contributed by atoms with Crippen molar-refractivity contribution < 1.29 is 28.8 Å². The lowest BCUT2D eigenvalue weighted by Crippen LogP contribution is -2.59. The molecule has 0 aliphatic carbocycles. The Morgan fingerprint density at radius 1 is 0.397 bits per heavy atom. The van der Waals surface area contributed by atoms with Gasteiger partial charge in [-0.2, -0.15) is 0 Å². The van der Waals surface area contributed by atoms with Gasteiger partial charge in [-0.1, -0.05) is 97.1 Å². The van der Waals surface area contributed by atoms with Crippen LogP contribution in [-0.2, 0) is 54.5 Å². The summed E-state index contributed by atoms with van der Waals surface area (Å²) in [7, 11) is 0. The molecule has 3 heterocycles. The van der Waals surface area contributed by atoms with Crippen molar-refractivity contribution in [2.75, 3.05) is 13.1 Å². The summed E-state index contributed by atoms with van der Waals surface area (Å²) in [4.78, 5) is 89.5. The number of amides is 6. The number of aromatic nitrogens is 2. The van der Waals surface area contributed by atoms with Crippen molar-refractivity contribution in [3.8, 4) is 0 Å². The highest BCUT2D eigenvalue weighted by molar-refractivity contribution is 5.98. The van der Waals surface area contributed by atoms with Gasteiger partial charge < -0.3 is 41.9 Å². The molecule has 0 saturated carbocycles. The van der Waals surface area contributed by atoms with Crippen LogP contribution in [0.2, 0.25) is 0 Å². The lowest BCUT2D eigenvalue weighted by atomic mass is 10.0. The first kappa shape index (κ1) is 39.0. The maximum absolute atomic E-state index is 14.1. The monoisotopic (exact) mass is 780 g/mol. The first-order chi connectivity index (χ1) is 28.2. The Morgan fingerprint density at radius 2 is 0.759 bits per heavy atom. The number of hydrogen-bond acceptors (Lipinski definition) is 6. The third-order valence-electron chi connectivity index (χ3n) is 10.2. The van der Waals surface area contributed by atoms with Gasteiger partial charge in [-0.25, -0.2) is 0 Å². The lowest BCUT2D eigenvalue weighted by molar-refractivity contribution is -0.134. The number of carbonyl (C=O) groups is 6. The number of H-pyrrole nitrogens is 2. The van der Waals surface area contributed by atoms with Gasteiger partial charge in [0.25, 0.3) is 0 Å². The van der Waals surface area contributed by atoms with Gasteiger partial charge in [-0.05, 0) is 34.4 Å². The maximum atomic E-state index is 14.1. The fraction of sp³-hybridized carbons (Fsp3) is 0.227. The van der Waals surface area contributed by atoms with Gasteiger partial charge in [0.15, 0.2) is 0 Å². The largest absolute Gasteiger partial charge is 0.361 e. The van der Waals surface area contributed by atoms with E-state index in [0.717, 1.165) is 44.1 Å². The molecule has 0 bridgehead atoms. The molecule has 1 aliphatic heterocycles. The van der Waals surface area contributed by atoms with E-state index in [1.807, 2.05) is 84.9 Å². The molecule has 1 fully saturated rings. The molecular formula is C44H44N8O6. The highest BCUT2D eigenvalue weighted by Crippen LogP contribution is 2.21. The SMILES string of the molecule is O=C1CNC(=O)[C@H](Cc2c[nH]c3ccccc23)NC(=O)[C@H](Cc2ccccc2)NC(=O)CNC(=O)[C@H](Cc2c[nH]c3ccccc23)NC(=O)[C@H](Cc2ccccc2)N1. The number of nitrogens with one attached hydrogen (secondary N) is 8. The fourth-order valence-electron chi connectivity index (χ4n) is 7.19. The van der Waals surface area contributed by atoms with Gasteiger partial charge in [-0.15, -0.1) is 0 Å². The van der Waals surface area contributed by atoms with Gasteiger partial charge in [-0.3, -0.25) is 28.8 Å². The Morgan fingerprint density at radius 3 is 1.17 bits per heavy atom. The molecule has 14 nitrogen and oxygen atoms in total. The predicted molar refractivity (Wildman–Crippen MR) is 218 cm³/mol. The van der Waals surface area contributed by atoms with E-state index in [1.165, 1.54) is 0 Å². The molecule has 6 aromatic rings. The minimum Gasteiger partial charge on any atom is -0.361 e. The molecule has 8 N–H and O–H groups in total. The second-order valence-electron chi connectivity index (χ2n) is 14.3. The van der Waals surface area contributed by atoms with E-state index < -0.39 is 72.7 Å².